The zero-order valence-electron chi connectivity index (χ0n) is 16.2. The number of carbonyl (C=O) groups is 2. The molecule has 0 aromatic heterocycles. The van der Waals surface area contributed by atoms with Crippen molar-refractivity contribution in [1.82, 2.24) is 10.2 Å². The second kappa shape index (κ2) is 9.28. The number of para-hydroxylation sites is 1. The Balaban J connectivity index is 1.87. The molecule has 0 saturated heterocycles. The molecule has 144 valence electrons. The average molecular weight is 371 g/mol. The number of benzene rings is 2. The molecule has 1 atom stereocenters. The van der Waals surface area contributed by atoms with Crippen LogP contribution in [0.2, 0.25) is 0 Å². The van der Waals surface area contributed by atoms with E-state index in [0.29, 0.717) is 12.1 Å². The summed E-state index contributed by atoms with van der Waals surface area (Å²) in [6, 6.07) is 11.7. The second-order valence-corrected chi connectivity index (χ2v) is 6.72. The molecule has 2 N–H and O–H groups in total. The highest BCUT2D eigenvalue weighted by atomic mass is 19.1. The van der Waals surface area contributed by atoms with E-state index in [0.717, 1.165) is 16.8 Å². The van der Waals surface area contributed by atoms with Crippen LogP contribution in [-0.4, -0.2) is 36.3 Å². The van der Waals surface area contributed by atoms with Gasteiger partial charge in [-0.05, 0) is 45.0 Å². The molecule has 5 nitrogen and oxygen atoms in total. The largest absolute Gasteiger partial charge is 0.346 e. The Bertz CT molecular complexity index is 803. The first-order valence-corrected chi connectivity index (χ1v) is 8.87. The Morgan fingerprint density at radius 1 is 1.07 bits per heavy atom. The molecule has 0 fully saturated rings. The molecule has 2 aromatic rings. The number of amides is 2. The Kier molecular flexibility index (Phi) is 7.07. The minimum absolute atomic E-state index is 0.121. The molecule has 0 aliphatic carbocycles. The Labute approximate surface area is 159 Å². The summed E-state index contributed by atoms with van der Waals surface area (Å²) in [5, 5.41) is 5.47. The molecule has 0 radical (unpaired) electrons. The van der Waals surface area contributed by atoms with Gasteiger partial charge in [0.15, 0.2) is 0 Å². The van der Waals surface area contributed by atoms with Crippen molar-refractivity contribution in [2.45, 2.75) is 33.4 Å². The van der Waals surface area contributed by atoms with Gasteiger partial charge in [0.25, 0.3) is 0 Å². The molecule has 0 bridgehead atoms. The molecule has 0 saturated carbocycles. The Morgan fingerprint density at radius 2 is 1.70 bits per heavy atom. The van der Waals surface area contributed by atoms with Crippen LogP contribution < -0.4 is 10.6 Å². The molecule has 2 amide bonds. The topological polar surface area (TPSA) is 61.4 Å². The maximum Gasteiger partial charge on any atom is 0.243 e. The van der Waals surface area contributed by atoms with Crippen molar-refractivity contribution in [1.29, 1.82) is 0 Å². The number of aryl methyl sites for hydroxylation is 2. The minimum atomic E-state index is -0.502. The monoisotopic (exact) mass is 371 g/mol. The second-order valence-electron chi connectivity index (χ2n) is 6.72. The van der Waals surface area contributed by atoms with Crippen molar-refractivity contribution in [3.8, 4) is 0 Å². The lowest BCUT2D eigenvalue weighted by Crippen LogP contribution is -2.45. The van der Waals surface area contributed by atoms with Gasteiger partial charge in [-0.3, -0.25) is 14.5 Å². The summed E-state index contributed by atoms with van der Waals surface area (Å²) in [6.45, 7) is 5.74. The number of halogens is 1. The van der Waals surface area contributed by atoms with Crippen LogP contribution in [0.3, 0.4) is 0 Å². The molecular weight excluding hydrogens is 345 g/mol. The van der Waals surface area contributed by atoms with Crippen LogP contribution >= 0.6 is 0 Å². The van der Waals surface area contributed by atoms with E-state index in [1.54, 1.807) is 37.1 Å². The van der Waals surface area contributed by atoms with Gasteiger partial charge in [-0.15, -0.1) is 0 Å². The lowest BCUT2D eigenvalue weighted by molar-refractivity contribution is -0.127. The molecule has 0 spiro atoms. The van der Waals surface area contributed by atoms with Gasteiger partial charge in [-0.2, -0.15) is 0 Å². The first-order valence-electron chi connectivity index (χ1n) is 8.87. The van der Waals surface area contributed by atoms with E-state index in [4.69, 9.17) is 0 Å². The predicted molar refractivity (Wildman–Crippen MR) is 105 cm³/mol. The van der Waals surface area contributed by atoms with Crippen molar-refractivity contribution in [3.63, 3.8) is 0 Å². The maximum absolute atomic E-state index is 13.8. The van der Waals surface area contributed by atoms with Crippen LogP contribution in [0.1, 0.15) is 23.6 Å². The highest BCUT2D eigenvalue weighted by Crippen LogP contribution is 2.19. The van der Waals surface area contributed by atoms with Crippen molar-refractivity contribution in [2.24, 2.45) is 0 Å². The number of carbonyl (C=O) groups excluding carboxylic acids is 2. The van der Waals surface area contributed by atoms with Crippen LogP contribution in [0, 0.1) is 19.7 Å². The molecule has 2 rings (SSSR count). The quantitative estimate of drug-likeness (QED) is 0.787. The first kappa shape index (κ1) is 20.6. The van der Waals surface area contributed by atoms with Crippen molar-refractivity contribution in [2.75, 3.05) is 18.9 Å². The van der Waals surface area contributed by atoms with Crippen LogP contribution in [0.15, 0.2) is 42.5 Å². The Hall–Kier alpha value is -2.73. The number of anilines is 1. The Morgan fingerprint density at radius 3 is 2.33 bits per heavy atom. The number of hydrogen-bond donors (Lipinski definition) is 2. The third-order valence-electron chi connectivity index (χ3n) is 4.59. The molecular formula is C21H26FN3O2. The van der Waals surface area contributed by atoms with E-state index in [-0.39, 0.29) is 24.2 Å². The van der Waals surface area contributed by atoms with Gasteiger partial charge in [0.05, 0.1) is 12.6 Å². The summed E-state index contributed by atoms with van der Waals surface area (Å²) < 4.78 is 13.8. The van der Waals surface area contributed by atoms with Crippen molar-refractivity contribution in [3.05, 3.63) is 65.0 Å². The first-order chi connectivity index (χ1) is 12.8. The summed E-state index contributed by atoms with van der Waals surface area (Å²) in [7, 11) is 1.74. The van der Waals surface area contributed by atoms with Gasteiger partial charge in [-0.1, -0.05) is 36.4 Å². The minimum Gasteiger partial charge on any atom is -0.346 e. The summed E-state index contributed by atoms with van der Waals surface area (Å²) in [4.78, 5) is 26.2. The summed E-state index contributed by atoms with van der Waals surface area (Å²) in [5.41, 5.74) is 3.22. The van der Waals surface area contributed by atoms with Crippen LogP contribution in [0.4, 0.5) is 10.1 Å². The lowest BCUT2D eigenvalue weighted by Gasteiger charge is -2.24. The third-order valence-corrected chi connectivity index (χ3v) is 4.59. The highest BCUT2D eigenvalue weighted by Gasteiger charge is 2.19. The van der Waals surface area contributed by atoms with Gasteiger partial charge in [0.1, 0.15) is 5.82 Å². The predicted octanol–water partition coefficient (Wildman–Crippen LogP) is 3.02. The fraction of sp³-hybridized carbons (Fsp3) is 0.333. The summed E-state index contributed by atoms with van der Waals surface area (Å²) >= 11 is 0. The van der Waals surface area contributed by atoms with E-state index in [9.17, 15) is 14.0 Å². The number of nitrogens with zero attached hydrogens (tertiary/aromatic N) is 1. The van der Waals surface area contributed by atoms with E-state index in [2.05, 4.69) is 10.6 Å². The summed E-state index contributed by atoms with van der Waals surface area (Å²) in [5.74, 6) is -0.875. The number of hydrogen-bond acceptors (Lipinski definition) is 3. The van der Waals surface area contributed by atoms with Crippen LogP contribution in [0.25, 0.3) is 0 Å². The van der Waals surface area contributed by atoms with E-state index in [1.807, 2.05) is 32.0 Å². The smallest absolute Gasteiger partial charge is 0.243 e. The lowest BCUT2D eigenvalue weighted by atomic mass is 10.1. The third kappa shape index (κ3) is 5.62. The van der Waals surface area contributed by atoms with Gasteiger partial charge in [0.2, 0.25) is 11.8 Å². The SMILES string of the molecule is Cc1cccc(C)c1NC(=O)CNC(=O)[C@@H](C)N(C)Cc1ccccc1F. The van der Waals surface area contributed by atoms with Gasteiger partial charge in [-0.25, -0.2) is 4.39 Å². The fourth-order valence-electron chi connectivity index (χ4n) is 2.74. The molecule has 0 aliphatic rings. The van der Waals surface area contributed by atoms with Gasteiger partial charge >= 0.3 is 0 Å². The molecule has 0 aliphatic heterocycles. The maximum atomic E-state index is 13.8. The fourth-order valence-corrected chi connectivity index (χ4v) is 2.74. The zero-order valence-corrected chi connectivity index (χ0v) is 16.2. The zero-order chi connectivity index (χ0) is 20.0. The molecule has 0 heterocycles. The van der Waals surface area contributed by atoms with E-state index >= 15 is 0 Å². The van der Waals surface area contributed by atoms with Gasteiger partial charge < -0.3 is 10.6 Å². The molecule has 0 unspecified atom stereocenters. The van der Waals surface area contributed by atoms with Crippen LogP contribution in [-0.2, 0) is 16.1 Å². The normalized spacial score (nSPS) is 11.9. The average Bonchev–Trinajstić information content (AvgIpc) is 2.64. The van der Waals surface area contributed by atoms with Crippen molar-refractivity contribution < 1.29 is 14.0 Å². The van der Waals surface area contributed by atoms with E-state index < -0.39 is 6.04 Å². The standard InChI is InChI=1S/C21H26FN3O2/c1-14-8-7-9-15(2)20(14)24-19(26)12-23-21(27)16(3)25(4)13-17-10-5-6-11-18(17)22/h5-11,16H,12-13H2,1-4H3,(H,23,27)(H,24,26)/t16-/m1/s1. The highest BCUT2D eigenvalue weighted by molar-refractivity contribution is 5.96. The number of likely N-dealkylation sites (N-methyl/N-ethyl adjacent to an activating group) is 1. The molecule has 2 aromatic carbocycles. The summed E-state index contributed by atoms with van der Waals surface area (Å²) in [6.07, 6.45) is 0. The molecule has 27 heavy (non-hydrogen) atoms. The molecule has 6 heteroatoms. The van der Waals surface area contributed by atoms with Crippen molar-refractivity contribution >= 4 is 17.5 Å². The van der Waals surface area contributed by atoms with Crippen LogP contribution in [0.5, 0.6) is 0 Å². The van der Waals surface area contributed by atoms with Gasteiger partial charge in [0, 0.05) is 17.8 Å². The van der Waals surface area contributed by atoms with E-state index in [1.165, 1.54) is 6.07 Å². The number of rotatable bonds is 7. The number of nitrogens with one attached hydrogen (secondary N) is 2.